The molecule has 4 heteroatoms. The van der Waals surface area contributed by atoms with Crippen molar-refractivity contribution in [2.45, 2.75) is 20.4 Å². The molecule has 0 saturated carbocycles. The van der Waals surface area contributed by atoms with E-state index >= 15 is 0 Å². The number of thiophene rings is 1. The van der Waals surface area contributed by atoms with Gasteiger partial charge in [0.25, 0.3) is 5.91 Å². The Morgan fingerprint density at radius 3 is 2.46 bits per heavy atom. The SMILES string of the molecule is Cc1cc(C)cc(NC(=O)c2cc3sccc3n2Cc2ccccc2)c1. The highest BCUT2D eigenvalue weighted by atomic mass is 32.1. The molecule has 0 aliphatic rings. The highest BCUT2D eigenvalue weighted by Crippen LogP contribution is 2.27. The van der Waals surface area contributed by atoms with E-state index in [2.05, 4.69) is 39.5 Å². The van der Waals surface area contributed by atoms with Crippen LogP contribution in [0.3, 0.4) is 0 Å². The number of rotatable bonds is 4. The third kappa shape index (κ3) is 3.28. The smallest absolute Gasteiger partial charge is 0.272 e. The minimum Gasteiger partial charge on any atom is -0.331 e. The van der Waals surface area contributed by atoms with E-state index in [4.69, 9.17) is 0 Å². The van der Waals surface area contributed by atoms with Crippen molar-refractivity contribution in [2.75, 3.05) is 5.32 Å². The quantitative estimate of drug-likeness (QED) is 0.503. The number of aryl methyl sites for hydroxylation is 2. The molecule has 0 aliphatic carbocycles. The van der Waals surface area contributed by atoms with Gasteiger partial charge in [-0.1, -0.05) is 36.4 Å². The molecule has 3 nitrogen and oxygen atoms in total. The van der Waals surface area contributed by atoms with Crippen LogP contribution in [-0.4, -0.2) is 10.5 Å². The second-order valence-corrected chi connectivity index (χ2v) is 7.55. The van der Waals surface area contributed by atoms with Crippen LogP contribution in [0.1, 0.15) is 27.2 Å². The van der Waals surface area contributed by atoms with Crippen LogP contribution in [0.5, 0.6) is 0 Å². The number of nitrogens with one attached hydrogen (secondary N) is 1. The van der Waals surface area contributed by atoms with Gasteiger partial charge in [-0.15, -0.1) is 11.3 Å². The van der Waals surface area contributed by atoms with E-state index in [1.807, 2.05) is 50.2 Å². The highest BCUT2D eigenvalue weighted by Gasteiger charge is 2.17. The van der Waals surface area contributed by atoms with Crippen LogP contribution < -0.4 is 5.32 Å². The zero-order valence-electron chi connectivity index (χ0n) is 14.8. The molecule has 4 aromatic rings. The van der Waals surface area contributed by atoms with E-state index in [9.17, 15) is 4.79 Å². The Balaban J connectivity index is 1.70. The molecule has 2 aromatic carbocycles. The standard InChI is InChI=1S/C22H20N2OS/c1-15-10-16(2)12-18(11-15)23-22(25)20-13-21-19(8-9-26-21)24(20)14-17-6-4-3-5-7-17/h3-13H,14H2,1-2H3,(H,23,25). The number of hydrogen-bond donors (Lipinski definition) is 1. The fourth-order valence-corrected chi connectivity index (χ4v) is 4.17. The fraction of sp³-hybridized carbons (Fsp3) is 0.136. The molecule has 1 amide bonds. The second-order valence-electron chi connectivity index (χ2n) is 6.60. The zero-order valence-corrected chi connectivity index (χ0v) is 15.6. The van der Waals surface area contributed by atoms with Crippen LogP contribution >= 0.6 is 11.3 Å². The van der Waals surface area contributed by atoms with Crippen molar-refractivity contribution in [3.05, 3.63) is 88.4 Å². The molecule has 26 heavy (non-hydrogen) atoms. The van der Waals surface area contributed by atoms with Crippen LogP contribution in [0.15, 0.2) is 66.0 Å². The van der Waals surface area contributed by atoms with Gasteiger partial charge in [0.2, 0.25) is 0 Å². The number of carbonyl (C=O) groups is 1. The van der Waals surface area contributed by atoms with Crippen molar-refractivity contribution in [2.24, 2.45) is 0 Å². The van der Waals surface area contributed by atoms with Gasteiger partial charge in [0.15, 0.2) is 0 Å². The van der Waals surface area contributed by atoms with Crippen molar-refractivity contribution in [1.29, 1.82) is 0 Å². The van der Waals surface area contributed by atoms with Crippen LogP contribution in [0, 0.1) is 13.8 Å². The van der Waals surface area contributed by atoms with E-state index in [0.717, 1.165) is 27.0 Å². The van der Waals surface area contributed by atoms with Gasteiger partial charge in [-0.25, -0.2) is 0 Å². The Morgan fingerprint density at radius 2 is 1.73 bits per heavy atom. The molecule has 0 fully saturated rings. The summed E-state index contributed by atoms with van der Waals surface area (Å²) in [4.78, 5) is 13.0. The van der Waals surface area contributed by atoms with E-state index in [-0.39, 0.29) is 5.91 Å². The summed E-state index contributed by atoms with van der Waals surface area (Å²) < 4.78 is 3.23. The average molecular weight is 360 g/mol. The Morgan fingerprint density at radius 1 is 1.00 bits per heavy atom. The molecule has 130 valence electrons. The van der Waals surface area contributed by atoms with Crippen LogP contribution in [0.2, 0.25) is 0 Å². The number of amides is 1. The summed E-state index contributed by atoms with van der Waals surface area (Å²) in [5.74, 6) is -0.0747. The molecule has 0 saturated heterocycles. The average Bonchev–Trinajstić information content (AvgIpc) is 3.17. The topological polar surface area (TPSA) is 34.0 Å². The largest absolute Gasteiger partial charge is 0.331 e. The van der Waals surface area contributed by atoms with E-state index in [0.29, 0.717) is 12.2 Å². The minimum absolute atomic E-state index is 0.0747. The van der Waals surface area contributed by atoms with Crippen molar-refractivity contribution >= 4 is 33.1 Å². The van der Waals surface area contributed by atoms with Gasteiger partial charge in [0, 0.05) is 12.2 Å². The molecular formula is C22H20N2OS. The van der Waals surface area contributed by atoms with Crippen molar-refractivity contribution in [3.8, 4) is 0 Å². The molecule has 0 aliphatic heterocycles. The van der Waals surface area contributed by atoms with E-state index < -0.39 is 0 Å². The van der Waals surface area contributed by atoms with Gasteiger partial charge in [-0.3, -0.25) is 4.79 Å². The first kappa shape index (κ1) is 16.6. The van der Waals surface area contributed by atoms with Gasteiger partial charge in [-0.05, 0) is 60.2 Å². The lowest BCUT2D eigenvalue weighted by Crippen LogP contribution is -2.17. The fourth-order valence-electron chi connectivity index (χ4n) is 3.34. The summed E-state index contributed by atoms with van der Waals surface area (Å²) in [6.07, 6.45) is 0. The predicted octanol–water partition coefficient (Wildman–Crippen LogP) is 5.62. The van der Waals surface area contributed by atoms with Crippen LogP contribution in [0.4, 0.5) is 5.69 Å². The summed E-state index contributed by atoms with van der Waals surface area (Å²) in [5, 5.41) is 5.13. The first-order valence-electron chi connectivity index (χ1n) is 8.60. The maximum absolute atomic E-state index is 13.0. The number of fused-ring (bicyclic) bond motifs is 1. The lowest BCUT2D eigenvalue weighted by molar-refractivity contribution is 0.101. The molecule has 0 spiro atoms. The molecule has 0 unspecified atom stereocenters. The Kier molecular flexibility index (Phi) is 4.35. The van der Waals surface area contributed by atoms with Gasteiger partial charge in [0.05, 0.1) is 10.2 Å². The Labute approximate surface area is 156 Å². The molecule has 2 heterocycles. The summed E-state index contributed by atoms with van der Waals surface area (Å²) in [7, 11) is 0. The third-order valence-corrected chi connectivity index (χ3v) is 5.27. The monoisotopic (exact) mass is 360 g/mol. The number of hydrogen-bond acceptors (Lipinski definition) is 2. The second kappa shape index (κ2) is 6.81. The van der Waals surface area contributed by atoms with Crippen molar-refractivity contribution < 1.29 is 4.79 Å². The number of carbonyl (C=O) groups excluding carboxylic acids is 1. The summed E-state index contributed by atoms with van der Waals surface area (Å²) in [6, 6.07) is 20.4. The number of anilines is 1. The van der Waals surface area contributed by atoms with E-state index in [1.54, 1.807) is 11.3 Å². The van der Waals surface area contributed by atoms with Gasteiger partial charge < -0.3 is 9.88 Å². The predicted molar refractivity (Wildman–Crippen MR) is 109 cm³/mol. The molecule has 2 aromatic heterocycles. The molecule has 0 atom stereocenters. The summed E-state index contributed by atoms with van der Waals surface area (Å²) in [6.45, 7) is 4.75. The highest BCUT2D eigenvalue weighted by molar-refractivity contribution is 7.17. The first-order valence-corrected chi connectivity index (χ1v) is 9.48. The third-order valence-electron chi connectivity index (χ3n) is 4.42. The summed E-state index contributed by atoms with van der Waals surface area (Å²) >= 11 is 1.66. The Bertz CT molecular complexity index is 1060. The van der Waals surface area contributed by atoms with Gasteiger partial charge in [-0.2, -0.15) is 0 Å². The lowest BCUT2D eigenvalue weighted by atomic mass is 10.1. The first-order chi connectivity index (χ1) is 12.6. The lowest BCUT2D eigenvalue weighted by Gasteiger charge is -2.12. The van der Waals surface area contributed by atoms with Gasteiger partial charge in [0.1, 0.15) is 5.69 Å². The number of nitrogens with zero attached hydrogens (tertiary/aromatic N) is 1. The van der Waals surface area contributed by atoms with Crippen LogP contribution in [-0.2, 0) is 6.54 Å². The number of benzene rings is 2. The maximum atomic E-state index is 13.0. The van der Waals surface area contributed by atoms with Crippen molar-refractivity contribution in [1.82, 2.24) is 4.57 Å². The van der Waals surface area contributed by atoms with Crippen molar-refractivity contribution in [3.63, 3.8) is 0 Å². The molecule has 1 N–H and O–H groups in total. The van der Waals surface area contributed by atoms with E-state index in [1.165, 1.54) is 5.56 Å². The van der Waals surface area contributed by atoms with Gasteiger partial charge >= 0.3 is 0 Å². The molecule has 0 radical (unpaired) electrons. The Hall–Kier alpha value is -2.85. The normalized spacial score (nSPS) is 11.0. The minimum atomic E-state index is -0.0747. The molecule has 4 rings (SSSR count). The molecular weight excluding hydrogens is 340 g/mol. The molecule has 0 bridgehead atoms. The maximum Gasteiger partial charge on any atom is 0.272 e. The summed E-state index contributed by atoms with van der Waals surface area (Å²) in [5.41, 5.74) is 6.08. The van der Waals surface area contributed by atoms with Crippen LogP contribution in [0.25, 0.3) is 10.2 Å². The number of aromatic nitrogens is 1. The zero-order chi connectivity index (χ0) is 18.1.